The molecule has 1 N–H and O–H groups in total. The van der Waals surface area contributed by atoms with E-state index >= 15 is 0 Å². The summed E-state index contributed by atoms with van der Waals surface area (Å²) in [7, 11) is 1.53. The molecule has 2 fully saturated rings. The van der Waals surface area contributed by atoms with Gasteiger partial charge >= 0.3 is 0 Å². The van der Waals surface area contributed by atoms with Crippen LogP contribution < -0.4 is 15.0 Å². The molecule has 2 aromatic carbocycles. The van der Waals surface area contributed by atoms with Crippen molar-refractivity contribution in [3.8, 4) is 5.75 Å². The van der Waals surface area contributed by atoms with Crippen LogP contribution >= 0.6 is 27.7 Å². The second-order valence-corrected chi connectivity index (χ2v) is 9.26. The monoisotopic (exact) mass is 531 g/mol. The highest BCUT2D eigenvalue weighted by Crippen LogP contribution is 2.34. The van der Waals surface area contributed by atoms with E-state index < -0.39 is 17.1 Å². The van der Waals surface area contributed by atoms with Gasteiger partial charge in [-0.05, 0) is 60.3 Å². The van der Waals surface area contributed by atoms with Gasteiger partial charge in [0.05, 0.1) is 25.2 Å². The summed E-state index contributed by atoms with van der Waals surface area (Å²) in [6, 6.07) is 12.8. The number of anilines is 2. The molecule has 2 aliphatic heterocycles. The Hall–Kier alpha value is -2.82. The number of nitrogens with one attached hydrogen (secondary N) is 1. The molecule has 0 atom stereocenters. The van der Waals surface area contributed by atoms with Crippen LogP contribution in [0.15, 0.2) is 51.8 Å². The first-order chi connectivity index (χ1) is 15.9. The summed E-state index contributed by atoms with van der Waals surface area (Å²) in [5.41, 5.74) is 2.30. The minimum absolute atomic E-state index is 0.235. The second-order valence-electron chi connectivity index (χ2n) is 7.35. The first-order valence-corrected chi connectivity index (χ1v) is 11.9. The maximum absolute atomic E-state index is 12.8. The molecule has 0 spiro atoms. The lowest BCUT2D eigenvalue weighted by Crippen LogP contribution is -2.36. The number of methoxy groups -OCH3 is 1. The fourth-order valence-corrected chi connectivity index (χ4v) is 4.72. The highest BCUT2D eigenvalue weighted by Gasteiger charge is 2.36. The molecule has 0 saturated carbocycles. The summed E-state index contributed by atoms with van der Waals surface area (Å²) in [4.78, 5) is 41.1. The number of benzene rings is 2. The van der Waals surface area contributed by atoms with Crippen molar-refractivity contribution in [3.05, 3.63) is 57.4 Å². The van der Waals surface area contributed by atoms with Gasteiger partial charge in [0, 0.05) is 34.5 Å². The molecular weight excluding hydrogens is 510 g/mol. The van der Waals surface area contributed by atoms with Crippen molar-refractivity contribution in [2.45, 2.75) is 0 Å². The topological polar surface area (TPSA) is 88.2 Å². The Labute approximate surface area is 204 Å². The Morgan fingerprint density at radius 1 is 1.18 bits per heavy atom. The van der Waals surface area contributed by atoms with Gasteiger partial charge < -0.3 is 19.7 Å². The third-order valence-electron chi connectivity index (χ3n) is 5.18. The lowest BCUT2D eigenvalue weighted by molar-refractivity contribution is -0.127. The minimum atomic E-state index is -0.509. The zero-order valence-corrected chi connectivity index (χ0v) is 20.3. The molecule has 2 aliphatic rings. The van der Waals surface area contributed by atoms with Gasteiger partial charge in [0.1, 0.15) is 12.3 Å². The Kier molecular flexibility index (Phi) is 7.36. The molecule has 3 amide bonds. The predicted octanol–water partition coefficient (Wildman–Crippen LogP) is 3.97. The zero-order chi connectivity index (χ0) is 23.4. The molecule has 2 aromatic rings. The molecular formula is C23H22BrN3O5S. The number of imide groups is 1. The summed E-state index contributed by atoms with van der Waals surface area (Å²) >= 11 is 4.19. The number of rotatable bonds is 6. The standard InChI is InChI=1S/C23H22BrN3O5S/c1-31-19-7-2-16(24)12-15(19)13-20-22(29)27(23(30)33-20)14-21(28)25-17-3-5-18(6-4-17)26-8-10-32-11-9-26/h2-7,12-13H,8-11,14H2,1H3,(H,25,28)/b20-13+. The lowest BCUT2D eigenvalue weighted by atomic mass is 10.2. The van der Waals surface area contributed by atoms with E-state index in [1.165, 1.54) is 7.11 Å². The molecule has 2 heterocycles. The highest BCUT2D eigenvalue weighted by atomic mass is 79.9. The number of hydrogen-bond donors (Lipinski definition) is 1. The third kappa shape index (κ3) is 5.58. The van der Waals surface area contributed by atoms with Crippen molar-refractivity contribution < 1.29 is 23.9 Å². The average Bonchev–Trinajstić information content (AvgIpc) is 3.07. The van der Waals surface area contributed by atoms with Crippen molar-refractivity contribution >= 4 is 62.2 Å². The summed E-state index contributed by atoms with van der Waals surface area (Å²) in [5.74, 6) is -0.383. The Morgan fingerprint density at radius 2 is 1.91 bits per heavy atom. The number of halogens is 1. The van der Waals surface area contributed by atoms with E-state index in [1.807, 2.05) is 18.2 Å². The first kappa shape index (κ1) is 23.3. The Balaban J connectivity index is 1.39. The van der Waals surface area contributed by atoms with Gasteiger partial charge in [-0.2, -0.15) is 0 Å². The highest BCUT2D eigenvalue weighted by molar-refractivity contribution is 9.10. The molecule has 172 valence electrons. The van der Waals surface area contributed by atoms with E-state index in [-0.39, 0.29) is 11.4 Å². The Bertz CT molecular complexity index is 1100. The molecule has 0 radical (unpaired) electrons. The largest absolute Gasteiger partial charge is 0.496 e. The van der Waals surface area contributed by atoms with Crippen LogP contribution in [0.2, 0.25) is 0 Å². The normalized spacial score (nSPS) is 17.6. The van der Waals surface area contributed by atoms with E-state index in [0.717, 1.165) is 39.9 Å². The van der Waals surface area contributed by atoms with E-state index in [0.29, 0.717) is 30.2 Å². The van der Waals surface area contributed by atoms with Gasteiger partial charge in [0.25, 0.3) is 11.1 Å². The zero-order valence-electron chi connectivity index (χ0n) is 17.9. The van der Waals surface area contributed by atoms with Crippen molar-refractivity contribution in [3.63, 3.8) is 0 Å². The predicted molar refractivity (Wildman–Crippen MR) is 131 cm³/mol. The number of nitrogens with zero attached hydrogens (tertiary/aromatic N) is 2. The van der Waals surface area contributed by atoms with Gasteiger partial charge in [-0.3, -0.25) is 19.3 Å². The quantitative estimate of drug-likeness (QED) is 0.564. The van der Waals surface area contributed by atoms with E-state index in [9.17, 15) is 14.4 Å². The van der Waals surface area contributed by atoms with Crippen LogP contribution in [-0.2, 0) is 14.3 Å². The molecule has 0 aromatic heterocycles. The molecule has 8 nitrogen and oxygen atoms in total. The lowest BCUT2D eigenvalue weighted by Gasteiger charge is -2.28. The number of amides is 3. The van der Waals surface area contributed by atoms with Gasteiger partial charge in [-0.1, -0.05) is 15.9 Å². The number of morpholine rings is 1. The van der Waals surface area contributed by atoms with Gasteiger partial charge in [0.15, 0.2) is 0 Å². The third-order valence-corrected chi connectivity index (χ3v) is 6.58. The fraction of sp³-hybridized carbons (Fsp3) is 0.261. The number of thioether (sulfide) groups is 1. The van der Waals surface area contributed by atoms with Crippen LogP contribution in [0.4, 0.5) is 16.2 Å². The van der Waals surface area contributed by atoms with Crippen LogP contribution in [0.25, 0.3) is 6.08 Å². The van der Waals surface area contributed by atoms with Crippen molar-refractivity contribution in [1.82, 2.24) is 4.90 Å². The molecule has 4 rings (SSSR count). The van der Waals surface area contributed by atoms with Crippen molar-refractivity contribution in [2.24, 2.45) is 0 Å². The average molecular weight is 532 g/mol. The van der Waals surface area contributed by atoms with E-state index in [1.54, 1.807) is 30.3 Å². The fourth-order valence-electron chi connectivity index (χ4n) is 3.52. The minimum Gasteiger partial charge on any atom is -0.496 e. The SMILES string of the molecule is COc1ccc(Br)cc1/C=C1/SC(=O)N(CC(=O)Nc2ccc(N3CCOCC3)cc2)C1=O. The molecule has 2 saturated heterocycles. The smallest absolute Gasteiger partial charge is 0.294 e. The number of ether oxygens (including phenoxy) is 2. The van der Waals surface area contributed by atoms with Crippen LogP contribution in [0, 0.1) is 0 Å². The van der Waals surface area contributed by atoms with Crippen LogP contribution in [0.1, 0.15) is 5.56 Å². The summed E-state index contributed by atoms with van der Waals surface area (Å²) in [6.45, 7) is 2.68. The molecule has 0 unspecified atom stereocenters. The summed E-state index contributed by atoms with van der Waals surface area (Å²) < 4.78 is 11.5. The van der Waals surface area contributed by atoms with E-state index in [2.05, 4.69) is 26.1 Å². The van der Waals surface area contributed by atoms with E-state index in [4.69, 9.17) is 9.47 Å². The summed E-state index contributed by atoms with van der Waals surface area (Å²) in [6.07, 6.45) is 1.59. The summed E-state index contributed by atoms with van der Waals surface area (Å²) in [5, 5.41) is 2.26. The Morgan fingerprint density at radius 3 is 2.61 bits per heavy atom. The van der Waals surface area contributed by atoms with Crippen molar-refractivity contribution in [2.75, 3.05) is 50.2 Å². The van der Waals surface area contributed by atoms with Crippen LogP contribution in [0.5, 0.6) is 5.75 Å². The second kappa shape index (κ2) is 10.4. The molecule has 10 heteroatoms. The molecule has 0 bridgehead atoms. The number of carbonyl (C=O) groups is 3. The maximum Gasteiger partial charge on any atom is 0.294 e. The van der Waals surface area contributed by atoms with Crippen LogP contribution in [0.3, 0.4) is 0 Å². The maximum atomic E-state index is 12.8. The number of hydrogen-bond acceptors (Lipinski definition) is 7. The van der Waals surface area contributed by atoms with Crippen molar-refractivity contribution in [1.29, 1.82) is 0 Å². The van der Waals surface area contributed by atoms with Gasteiger partial charge in [-0.25, -0.2) is 0 Å². The molecule has 33 heavy (non-hydrogen) atoms. The van der Waals surface area contributed by atoms with Crippen LogP contribution in [-0.4, -0.2) is 61.9 Å². The number of carbonyl (C=O) groups excluding carboxylic acids is 3. The van der Waals surface area contributed by atoms with Gasteiger partial charge in [0.2, 0.25) is 5.91 Å². The molecule has 0 aliphatic carbocycles. The van der Waals surface area contributed by atoms with Gasteiger partial charge in [-0.15, -0.1) is 0 Å². The first-order valence-electron chi connectivity index (χ1n) is 10.3.